The molecule has 132 valence electrons. The quantitative estimate of drug-likeness (QED) is 0.595. The molecule has 0 aliphatic rings. The maximum atomic E-state index is 12.2. The molecule has 2 aromatic heterocycles. The Morgan fingerprint density at radius 2 is 2.04 bits per heavy atom. The van der Waals surface area contributed by atoms with Crippen molar-refractivity contribution in [2.75, 3.05) is 11.1 Å². The summed E-state index contributed by atoms with van der Waals surface area (Å²) in [6.07, 6.45) is 0. The lowest BCUT2D eigenvalue weighted by Crippen LogP contribution is -2.20. The van der Waals surface area contributed by atoms with E-state index in [4.69, 9.17) is 0 Å². The second-order valence-corrected chi connectivity index (χ2v) is 7.89. The number of fused-ring (bicyclic) bond motifs is 1. The van der Waals surface area contributed by atoms with E-state index in [9.17, 15) is 19.6 Å². The molecule has 0 atom stereocenters. The van der Waals surface area contributed by atoms with Gasteiger partial charge in [0.15, 0.2) is 0 Å². The highest BCUT2D eigenvalue weighted by Crippen LogP contribution is 2.34. The maximum Gasteiger partial charge on any atom is 0.326 e. The van der Waals surface area contributed by atoms with Crippen molar-refractivity contribution >= 4 is 44.9 Å². The number of hydrogen-bond donors (Lipinski definition) is 3. The van der Waals surface area contributed by atoms with Gasteiger partial charge < -0.3 is 10.3 Å². The molecule has 0 aliphatic carbocycles. The van der Waals surface area contributed by atoms with Gasteiger partial charge in [0, 0.05) is 5.69 Å². The Balaban J connectivity index is 1.79. The highest BCUT2D eigenvalue weighted by Gasteiger charge is 2.17. The number of H-pyrrole nitrogens is 2. The van der Waals surface area contributed by atoms with Crippen LogP contribution in [0, 0.1) is 25.2 Å². The van der Waals surface area contributed by atoms with Crippen molar-refractivity contribution in [1.29, 1.82) is 5.26 Å². The van der Waals surface area contributed by atoms with Crippen LogP contribution in [-0.4, -0.2) is 21.6 Å². The van der Waals surface area contributed by atoms with E-state index in [1.807, 2.05) is 38.1 Å². The molecule has 3 rings (SSSR count). The number of aromatic amines is 2. The number of thioether (sulfide) groups is 1. The van der Waals surface area contributed by atoms with E-state index in [-0.39, 0.29) is 27.4 Å². The van der Waals surface area contributed by atoms with Crippen LogP contribution >= 0.6 is 23.1 Å². The van der Waals surface area contributed by atoms with E-state index in [1.165, 1.54) is 0 Å². The summed E-state index contributed by atoms with van der Waals surface area (Å²) < 4.78 is 0.781. The van der Waals surface area contributed by atoms with Crippen LogP contribution in [-0.2, 0) is 4.79 Å². The molecule has 3 aromatic rings. The lowest BCUT2D eigenvalue weighted by molar-refractivity contribution is -0.113. The van der Waals surface area contributed by atoms with Gasteiger partial charge in [-0.05, 0) is 37.1 Å². The van der Waals surface area contributed by atoms with E-state index >= 15 is 0 Å². The van der Waals surface area contributed by atoms with Crippen molar-refractivity contribution < 1.29 is 4.79 Å². The fraction of sp³-hybridized carbons (Fsp3) is 0.176. The summed E-state index contributed by atoms with van der Waals surface area (Å²) in [5.41, 5.74) is 2.13. The summed E-state index contributed by atoms with van der Waals surface area (Å²) in [6, 6.07) is 7.65. The molecule has 2 heterocycles. The van der Waals surface area contributed by atoms with Gasteiger partial charge in [-0.1, -0.05) is 6.07 Å². The van der Waals surface area contributed by atoms with Crippen molar-refractivity contribution in [3.8, 4) is 6.07 Å². The third-order valence-electron chi connectivity index (χ3n) is 3.78. The van der Waals surface area contributed by atoms with Crippen molar-refractivity contribution in [3.63, 3.8) is 0 Å². The standard InChI is InChI=1S/C17H14N4O3S2/c1-8-3-4-10(5-9(8)2)19-12(22)7-25-16-11(6-18)13-14(26-16)15(23)21-17(24)20-13/h3-5H,7H2,1-2H3,(H,19,22)(H2,20,21,23,24). The van der Waals surface area contributed by atoms with E-state index in [2.05, 4.69) is 15.3 Å². The Morgan fingerprint density at radius 1 is 1.27 bits per heavy atom. The number of nitrogens with zero attached hydrogens (tertiary/aromatic N) is 1. The highest BCUT2D eigenvalue weighted by molar-refractivity contribution is 8.02. The number of aryl methyl sites for hydroxylation is 2. The Hall–Kier alpha value is -2.83. The number of amides is 1. The van der Waals surface area contributed by atoms with Gasteiger partial charge in [-0.2, -0.15) is 5.26 Å². The Bertz CT molecular complexity index is 1170. The van der Waals surface area contributed by atoms with Crippen molar-refractivity contribution in [3.05, 3.63) is 55.7 Å². The molecule has 1 aromatic carbocycles. The predicted molar refractivity (Wildman–Crippen MR) is 103 cm³/mol. The summed E-state index contributed by atoms with van der Waals surface area (Å²) in [7, 11) is 0. The minimum atomic E-state index is -0.666. The van der Waals surface area contributed by atoms with E-state index < -0.39 is 11.2 Å². The predicted octanol–water partition coefficient (Wildman–Crippen LogP) is 2.50. The number of benzene rings is 1. The number of anilines is 1. The fourth-order valence-electron chi connectivity index (χ4n) is 2.34. The number of aromatic nitrogens is 2. The second kappa shape index (κ2) is 7.19. The zero-order chi connectivity index (χ0) is 18.8. The molecule has 0 aliphatic heterocycles. The molecule has 9 heteroatoms. The Morgan fingerprint density at radius 3 is 2.73 bits per heavy atom. The molecule has 0 radical (unpaired) electrons. The van der Waals surface area contributed by atoms with Crippen LogP contribution in [0.3, 0.4) is 0 Å². The molecule has 0 saturated carbocycles. The van der Waals surface area contributed by atoms with E-state index in [0.717, 1.165) is 34.2 Å². The van der Waals surface area contributed by atoms with Gasteiger partial charge in [0.1, 0.15) is 16.3 Å². The first-order valence-corrected chi connectivity index (χ1v) is 9.38. The van der Waals surface area contributed by atoms with Crippen LogP contribution in [0.1, 0.15) is 16.7 Å². The average Bonchev–Trinajstić information content (AvgIpc) is 2.94. The van der Waals surface area contributed by atoms with Crippen LogP contribution in [0.15, 0.2) is 32.0 Å². The molecular formula is C17H14N4O3S2. The number of nitriles is 1. The van der Waals surface area contributed by atoms with Crippen LogP contribution in [0.4, 0.5) is 5.69 Å². The fourth-order valence-corrected chi connectivity index (χ4v) is 4.47. The number of carbonyl (C=O) groups is 1. The van der Waals surface area contributed by atoms with E-state index in [0.29, 0.717) is 9.90 Å². The van der Waals surface area contributed by atoms with Crippen LogP contribution in [0.25, 0.3) is 10.2 Å². The molecule has 3 N–H and O–H groups in total. The number of carbonyl (C=O) groups excluding carboxylic acids is 1. The molecule has 0 spiro atoms. The zero-order valence-electron chi connectivity index (χ0n) is 13.9. The molecular weight excluding hydrogens is 372 g/mol. The van der Waals surface area contributed by atoms with Crippen molar-refractivity contribution in [1.82, 2.24) is 9.97 Å². The minimum absolute atomic E-state index is 0.0799. The van der Waals surface area contributed by atoms with Gasteiger partial charge in [0.2, 0.25) is 5.91 Å². The first-order chi connectivity index (χ1) is 12.4. The van der Waals surface area contributed by atoms with Gasteiger partial charge in [0.25, 0.3) is 5.56 Å². The average molecular weight is 386 g/mol. The van der Waals surface area contributed by atoms with Crippen LogP contribution < -0.4 is 16.6 Å². The molecule has 0 saturated heterocycles. The molecule has 26 heavy (non-hydrogen) atoms. The smallest absolute Gasteiger partial charge is 0.325 e. The largest absolute Gasteiger partial charge is 0.326 e. The SMILES string of the molecule is Cc1ccc(NC(=O)CSc2sc3c(=O)[nH]c(=O)[nH]c3c2C#N)cc1C. The summed E-state index contributed by atoms with van der Waals surface area (Å²) in [5.74, 6) is -0.140. The lowest BCUT2D eigenvalue weighted by Gasteiger charge is -2.07. The molecule has 0 bridgehead atoms. The third-order valence-corrected chi connectivity index (χ3v) is 6.24. The van der Waals surface area contributed by atoms with Crippen LogP contribution in [0.2, 0.25) is 0 Å². The number of hydrogen-bond acceptors (Lipinski definition) is 6. The van der Waals surface area contributed by atoms with Crippen LogP contribution in [0.5, 0.6) is 0 Å². The summed E-state index contributed by atoms with van der Waals surface area (Å²) in [4.78, 5) is 40.1. The van der Waals surface area contributed by atoms with Crippen molar-refractivity contribution in [2.45, 2.75) is 18.1 Å². The van der Waals surface area contributed by atoms with Gasteiger partial charge >= 0.3 is 5.69 Å². The van der Waals surface area contributed by atoms with E-state index in [1.54, 1.807) is 0 Å². The molecule has 0 unspecified atom stereocenters. The molecule has 7 nitrogen and oxygen atoms in total. The summed E-state index contributed by atoms with van der Waals surface area (Å²) in [5, 5.41) is 12.2. The van der Waals surface area contributed by atoms with Gasteiger partial charge in [-0.3, -0.25) is 14.6 Å². The van der Waals surface area contributed by atoms with Crippen molar-refractivity contribution in [2.24, 2.45) is 0 Å². The second-order valence-electron chi connectivity index (χ2n) is 5.62. The molecule has 1 amide bonds. The zero-order valence-corrected chi connectivity index (χ0v) is 15.6. The van der Waals surface area contributed by atoms with Gasteiger partial charge in [-0.15, -0.1) is 23.1 Å². The summed E-state index contributed by atoms with van der Waals surface area (Å²) in [6.45, 7) is 3.96. The minimum Gasteiger partial charge on any atom is -0.325 e. The first-order valence-electron chi connectivity index (χ1n) is 7.58. The topological polar surface area (TPSA) is 119 Å². The Kier molecular flexibility index (Phi) is 4.97. The van der Waals surface area contributed by atoms with Gasteiger partial charge in [0.05, 0.1) is 15.5 Å². The number of thiophene rings is 1. The molecule has 0 fully saturated rings. The third kappa shape index (κ3) is 3.56. The Labute approximate surface area is 156 Å². The van der Waals surface area contributed by atoms with Gasteiger partial charge in [-0.25, -0.2) is 4.79 Å². The first kappa shape index (κ1) is 18.0. The highest BCUT2D eigenvalue weighted by atomic mass is 32.2. The maximum absolute atomic E-state index is 12.2. The number of rotatable bonds is 4. The lowest BCUT2D eigenvalue weighted by atomic mass is 10.1. The summed E-state index contributed by atoms with van der Waals surface area (Å²) >= 11 is 2.24. The monoisotopic (exact) mass is 386 g/mol. The number of nitrogens with one attached hydrogen (secondary N) is 3. The normalized spacial score (nSPS) is 10.7.